The largest absolute Gasteiger partial charge is 0.464 e. The number of aliphatic hydroxyl groups is 1. The predicted molar refractivity (Wildman–Crippen MR) is 92.6 cm³/mol. The van der Waals surface area contributed by atoms with Gasteiger partial charge in [0, 0.05) is 32.5 Å². The highest BCUT2D eigenvalue weighted by molar-refractivity contribution is 5.78. The molecule has 0 radical (unpaired) electrons. The van der Waals surface area contributed by atoms with Gasteiger partial charge in [0.15, 0.2) is 0 Å². The third-order valence-corrected chi connectivity index (χ3v) is 5.38. The summed E-state index contributed by atoms with van der Waals surface area (Å²) in [5.41, 5.74) is 0. The van der Waals surface area contributed by atoms with Crippen LogP contribution in [-0.4, -0.2) is 53.1 Å². The van der Waals surface area contributed by atoms with Crippen LogP contribution in [0.25, 0.3) is 0 Å². The maximum atomic E-state index is 11.8. The number of likely N-dealkylation sites (tertiary alicyclic amines) is 2. The third kappa shape index (κ3) is 4.01. The van der Waals surface area contributed by atoms with Crippen molar-refractivity contribution in [2.75, 3.05) is 26.2 Å². The maximum absolute atomic E-state index is 11.8. The molecule has 3 rings (SSSR count). The van der Waals surface area contributed by atoms with Crippen LogP contribution in [0.4, 0.5) is 0 Å². The van der Waals surface area contributed by atoms with E-state index in [2.05, 4.69) is 30.9 Å². The first-order chi connectivity index (χ1) is 11.6. The number of rotatable bonds is 6. The van der Waals surface area contributed by atoms with E-state index in [9.17, 15) is 9.90 Å². The van der Waals surface area contributed by atoms with Crippen molar-refractivity contribution < 1.29 is 14.3 Å². The number of aryl methyl sites for hydroxylation is 1. The van der Waals surface area contributed by atoms with Crippen LogP contribution in [0.1, 0.15) is 57.1 Å². The minimum absolute atomic E-state index is 0.177. The molecule has 0 unspecified atom stereocenters. The average molecular weight is 334 g/mol. The number of amides is 1. The summed E-state index contributed by atoms with van der Waals surface area (Å²) in [7, 11) is 0. The Labute approximate surface area is 144 Å². The van der Waals surface area contributed by atoms with Crippen LogP contribution in [0.3, 0.4) is 0 Å². The second-order valence-corrected chi connectivity index (χ2v) is 7.40. The van der Waals surface area contributed by atoms with Crippen molar-refractivity contribution in [3.63, 3.8) is 0 Å². The zero-order valence-corrected chi connectivity index (χ0v) is 14.9. The Bertz CT molecular complexity index is 557. The standard InChI is InChI=1S/C19H30N2O3/c1-3-16-6-7-18(24-16)17-11-14(2)8-10-20(17)12-15(22)13-21-9-4-5-19(21)23/h6-7,14-15,17,22H,3-5,8-13H2,1-2H3/t14-,15-,17+/m1/s1. The molecule has 24 heavy (non-hydrogen) atoms. The summed E-state index contributed by atoms with van der Waals surface area (Å²) in [5.74, 6) is 2.88. The number of nitrogens with zero attached hydrogens (tertiary/aromatic N) is 2. The van der Waals surface area contributed by atoms with Crippen LogP contribution in [0, 0.1) is 5.92 Å². The van der Waals surface area contributed by atoms with Gasteiger partial charge >= 0.3 is 0 Å². The van der Waals surface area contributed by atoms with Gasteiger partial charge < -0.3 is 14.4 Å². The van der Waals surface area contributed by atoms with Crippen LogP contribution in [0.2, 0.25) is 0 Å². The molecule has 0 aromatic carbocycles. The van der Waals surface area contributed by atoms with E-state index in [1.54, 1.807) is 4.90 Å². The molecule has 0 saturated carbocycles. The molecule has 1 N–H and O–H groups in total. The van der Waals surface area contributed by atoms with Crippen molar-refractivity contribution in [2.24, 2.45) is 5.92 Å². The van der Waals surface area contributed by atoms with Crippen molar-refractivity contribution in [3.8, 4) is 0 Å². The normalized spacial score (nSPS) is 27.0. The highest BCUT2D eigenvalue weighted by atomic mass is 16.3. The average Bonchev–Trinajstić information content (AvgIpc) is 3.19. The van der Waals surface area contributed by atoms with Crippen molar-refractivity contribution >= 4 is 5.91 Å². The van der Waals surface area contributed by atoms with Crippen LogP contribution < -0.4 is 0 Å². The Balaban J connectivity index is 1.63. The minimum atomic E-state index is -0.497. The summed E-state index contributed by atoms with van der Waals surface area (Å²) in [6.45, 7) is 7.20. The third-order valence-electron chi connectivity index (χ3n) is 5.38. The van der Waals surface area contributed by atoms with Crippen molar-refractivity contribution in [1.29, 1.82) is 0 Å². The Morgan fingerprint density at radius 2 is 2.17 bits per heavy atom. The van der Waals surface area contributed by atoms with E-state index in [4.69, 9.17) is 4.42 Å². The first kappa shape index (κ1) is 17.5. The molecule has 0 aliphatic carbocycles. The number of hydrogen-bond donors (Lipinski definition) is 1. The summed E-state index contributed by atoms with van der Waals surface area (Å²) < 4.78 is 6.00. The Morgan fingerprint density at radius 1 is 1.33 bits per heavy atom. The number of furan rings is 1. The number of carbonyl (C=O) groups excluding carboxylic acids is 1. The lowest BCUT2D eigenvalue weighted by atomic mass is 9.91. The van der Waals surface area contributed by atoms with E-state index in [1.165, 1.54) is 0 Å². The highest BCUT2D eigenvalue weighted by Gasteiger charge is 2.32. The van der Waals surface area contributed by atoms with E-state index >= 15 is 0 Å². The van der Waals surface area contributed by atoms with Gasteiger partial charge in [0.1, 0.15) is 11.5 Å². The molecule has 134 valence electrons. The lowest BCUT2D eigenvalue weighted by Gasteiger charge is -2.38. The Hall–Kier alpha value is -1.33. The topological polar surface area (TPSA) is 56.9 Å². The molecule has 0 bridgehead atoms. The van der Waals surface area contributed by atoms with E-state index in [-0.39, 0.29) is 11.9 Å². The molecule has 2 aliphatic heterocycles. The second-order valence-electron chi connectivity index (χ2n) is 7.40. The molecule has 5 nitrogen and oxygen atoms in total. The van der Waals surface area contributed by atoms with Gasteiger partial charge in [-0.05, 0) is 43.9 Å². The maximum Gasteiger partial charge on any atom is 0.222 e. The number of hydrogen-bond acceptors (Lipinski definition) is 4. The molecule has 0 spiro atoms. The molecule has 3 heterocycles. The van der Waals surface area contributed by atoms with Gasteiger partial charge in [-0.15, -0.1) is 0 Å². The number of carbonyl (C=O) groups is 1. The fourth-order valence-electron chi connectivity index (χ4n) is 3.95. The quantitative estimate of drug-likeness (QED) is 0.869. The van der Waals surface area contributed by atoms with Gasteiger partial charge in [-0.2, -0.15) is 0 Å². The summed E-state index contributed by atoms with van der Waals surface area (Å²) in [6.07, 6.45) is 4.16. The smallest absolute Gasteiger partial charge is 0.222 e. The summed E-state index contributed by atoms with van der Waals surface area (Å²) >= 11 is 0. The fraction of sp³-hybridized carbons (Fsp3) is 0.737. The molecule has 1 aromatic heterocycles. The van der Waals surface area contributed by atoms with Crippen molar-refractivity contribution in [1.82, 2.24) is 9.80 Å². The lowest BCUT2D eigenvalue weighted by Crippen LogP contribution is -2.44. The fourth-order valence-corrected chi connectivity index (χ4v) is 3.95. The van der Waals surface area contributed by atoms with Gasteiger partial charge in [0.05, 0.1) is 12.1 Å². The zero-order chi connectivity index (χ0) is 17.1. The molecule has 2 saturated heterocycles. The molecule has 1 aromatic rings. The van der Waals surface area contributed by atoms with Crippen LogP contribution in [0.5, 0.6) is 0 Å². The van der Waals surface area contributed by atoms with Gasteiger partial charge in [0.25, 0.3) is 0 Å². The Kier molecular flexibility index (Phi) is 5.61. The first-order valence-electron chi connectivity index (χ1n) is 9.35. The number of β-amino-alcohol motifs (C(OH)–C–C–N with tert-alkyl or cyclic N) is 1. The number of piperidine rings is 1. The van der Waals surface area contributed by atoms with Crippen molar-refractivity contribution in [2.45, 2.75) is 58.1 Å². The van der Waals surface area contributed by atoms with E-state index in [0.717, 1.165) is 50.3 Å². The van der Waals surface area contributed by atoms with Crippen molar-refractivity contribution in [3.05, 3.63) is 23.7 Å². The summed E-state index contributed by atoms with van der Waals surface area (Å²) in [6, 6.07) is 4.38. The second kappa shape index (κ2) is 7.70. The summed E-state index contributed by atoms with van der Waals surface area (Å²) in [5, 5.41) is 10.5. The first-order valence-corrected chi connectivity index (χ1v) is 9.35. The SMILES string of the molecule is CCc1ccc([C@@H]2C[C@H](C)CCN2C[C@@H](O)CN2CCCC2=O)o1. The molecule has 1 amide bonds. The predicted octanol–water partition coefficient (Wildman–Crippen LogP) is 2.60. The van der Waals surface area contributed by atoms with Crippen LogP contribution in [-0.2, 0) is 11.2 Å². The zero-order valence-electron chi connectivity index (χ0n) is 14.9. The monoisotopic (exact) mass is 334 g/mol. The minimum Gasteiger partial charge on any atom is -0.464 e. The molecule has 2 fully saturated rings. The van der Waals surface area contributed by atoms with Crippen LogP contribution >= 0.6 is 0 Å². The van der Waals surface area contributed by atoms with Gasteiger partial charge in [-0.3, -0.25) is 9.69 Å². The molecule has 2 aliphatic rings. The van der Waals surface area contributed by atoms with Crippen LogP contribution in [0.15, 0.2) is 16.5 Å². The van der Waals surface area contributed by atoms with E-state index in [0.29, 0.717) is 25.4 Å². The van der Waals surface area contributed by atoms with E-state index < -0.39 is 6.10 Å². The van der Waals surface area contributed by atoms with Gasteiger partial charge in [0.2, 0.25) is 5.91 Å². The Morgan fingerprint density at radius 3 is 2.83 bits per heavy atom. The van der Waals surface area contributed by atoms with Gasteiger partial charge in [-0.1, -0.05) is 13.8 Å². The number of aliphatic hydroxyl groups excluding tert-OH is 1. The molecule has 5 heteroatoms. The summed E-state index contributed by atoms with van der Waals surface area (Å²) in [4.78, 5) is 15.9. The van der Waals surface area contributed by atoms with Gasteiger partial charge in [-0.25, -0.2) is 0 Å². The lowest BCUT2D eigenvalue weighted by molar-refractivity contribution is -0.129. The molecular formula is C19H30N2O3. The highest BCUT2D eigenvalue weighted by Crippen LogP contribution is 2.35. The molecular weight excluding hydrogens is 304 g/mol. The van der Waals surface area contributed by atoms with E-state index in [1.807, 2.05) is 0 Å². The molecule has 3 atom stereocenters.